The average Bonchev–Trinajstić information content (AvgIpc) is 3.49. The van der Waals surface area contributed by atoms with Crippen LogP contribution >= 0.6 is 0 Å². The molecule has 13 nitrogen and oxygen atoms in total. The van der Waals surface area contributed by atoms with Gasteiger partial charge >= 0.3 is 11.8 Å². The molecule has 3 rings (SSSR count). The number of Topliss-reactive ketones (excluding diaryl/α,β-unsaturated/α-hetero) is 1. The lowest BCUT2D eigenvalue weighted by molar-refractivity contribution is -0.121. The van der Waals surface area contributed by atoms with E-state index in [-0.39, 0.29) is 19.6 Å². The lowest BCUT2D eigenvalue weighted by Gasteiger charge is -2.27. The number of aryl methyl sites for hydroxylation is 1. The summed E-state index contributed by atoms with van der Waals surface area (Å²) in [5.41, 5.74) is -5.53. The number of benzene rings is 1. The molecule has 39 heavy (non-hydrogen) atoms. The monoisotopic (exact) mass is 553 g/mol. The molecule has 0 bridgehead atoms. The Bertz CT molecular complexity index is 1710. The lowest BCUT2D eigenvalue weighted by Crippen LogP contribution is -2.46. The van der Waals surface area contributed by atoms with Crippen LogP contribution in [0.5, 0.6) is 5.75 Å². The van der Waals surface area contributed by atoms with E-state index in [1.54, 1.807) is 5.32 Å². The number of nitrogens with zero attached hydrogens (tertiary/aromatic N) is 4. The number of halogens is 1. The Morgan fingerprint density at radius 1 is 1.18 bits per heavy atom. The summed E-state index contributed by atoms with van der Waals surface area (Å²) in [4.78, 5) is 56.6. The van der Waals surface area contributed by atoms with Crippen LogP contribution in [0.2, 0.25) is 0 Å². The molecule has 0 radical (unpaired) electrons. The van der Waals surface area contributed by atoms with Gasteiger partial charge in [-0.25, -0.2) is 9.37 Å². The van der Waals surface area contributed by atoms with Crippen LogP contribution < -0.4 is 20.9 Å². The molecule has 0 atom stereocenters. The highest BCUT2D eigenvalue weighted by Crippen LogP contribution is 2.21. The summed E-state index contributed by atoms with van der Waals surface area (Å²) in [6.45, 7) is -11.6. The number of carbonyl (C=O) groups excluding carboxylic acids is 3. The number of hydrogen-bond donors (Lipinski definition) is 2. The van der Waals surface area contributed by atoms with Crippen LogP contribution in [0.4, 0.5) is 4.39 Å². The van der Waals surface area contributed by atoms with Gasteiger partial charge in [0.05, 0.1) is 12.1 Å². The van der Waals surface area contributed by atoms with Gasteiger partial charge in [0.1, 0.15) is 18.2 Å². The van der Waals surface area contributed by atoms with Gasteiger partial charge in [-0.15, -0.1) is 10.2 Å². The molecule has 0 fully saturated rings. The predicted octanol–water partition coefficient (Wildman–Crippen LogP) is 1.19. The minimum Gasteiger partial charge on any atom is -0.478 e. The minimum atomic E-state index is -3.78. The Kier molecular flexibility index (Phi) is 5.95. The van der Waals surface area contributed by atoms with Crippen LogP contribution in [0.1, 0.15) is 70.9 Å². The zero-order chi connectivity index (χ0) is 36.2. The van der Waals surface area contributed by atoms with Crippen LogP contribution in [-0.4, -0.2) is 57.7 Å². The van der Waals surface area contributed by atoms with Gasteiger partial charge in [-0.05, 0) is 31.4 Å². The normalized spacial score (nSPS) is 15.6. The Hall–Kier alpha value is -4.46. The first kappa shape index (κ1) is 18.7. The van der Waals surface area contributed by atoms with E-state index in [2.05, 4.69) is 20.5 Å². The molecule has 3 aromatic rings. The molecule has 2 N–H and O–H groups in total. The van der Waals surface area contributed by atoms with Gasteiger partial charge in [0.15, 0.2) is 11.5 Å². The minimum absolute atomic E-state index is 0.00428. The molecule has 0 aliphatic heterocycles. The number of carbonyl (C=O) groups is 3. The summed E-state index contributed by atoms with van der Waals surface area (Å²) < 4.78 is 100. The molecule has 0 saturated heterocycles. The van der Waals surface area contributed by atoms with E-state index in [0.29, 0.717) is 10.1 Å². The first-order valence-electron chi connectivity index (χ1n) is 15.6. The standard InChI is InChI=1S/C25H29FN6O7/c1-14-30-31-22(39-14)21(35)29-25(2,3)24-28-18(20(34)27-12-15-6-8-16(26)9-7-15)19(23(36)32(24)4)38-13-17(33)10-11-37-5/h6-9H,10-13H2,1-5H3,(H,27,34)(H,29,35)/i1D3,2D3,3D3. The van der Waals surface area contributed by atoms with Crippen LogP contribution in [0.3, 0.4) is 0 Å². The number of nitrogens with one attached hydrogen (secondary N) is 2. The molecule has 2 aromatic heterocycles. The van der Waals surface area contributed by atoms with Crippen molar-refractivity contribution in [2.75, 3.05) is 20.3 Å². The van der Waals surface area contributed by atoms with E-state index in [9.17, 15) is 23.6 Å². The first-order valence-corrected chi connectivity index (χ1v) is 11.1. The molecule has 2 amide bonds. The molecule has 0 aliphatic carbocycles. The van der Waals surface area contributed by atoms with Crippen molar-refractivity contribution in [2.45, 2.75) is 39.1 Å². The number of methoxy groups -OCH3 is 1. The second-order valence-corrected chi connectivity index (χ2v) is 7.97. The predicted molar refractivity (Wildman–Crippen MR) is 134 cm³/mol. The topological polar surface area (TPSA) is 168 Å². The SMILES string of the molecule is [2H]C([2H])([2H])c1nnc(C(=O)NC(c2nc(C(=O)NCc3ccc(F)cc3)c(OCC(=O)CCOC)c(=O)n2C)(C([2H])([2H])[2H])C([2H])([2H])[2H])o1. The van der Waals surface area contributed by atoms with E-state index in [1.807, 2.05) is 0 Å². The van der Waals surface area contributed by atoms with Gasteiger partial charge in [0.25, 0.3) is 11.5 Å². The maximum absolute atomic E-state index is 13.7. The Morgan fingerprint density at radius 2 is 1.92 bits per heavy atom. The second kappa shape index (κ2) is 12.4. The fourth-order valence-corrected chi connectivity index (χ4v) is 3.10. The van der Waals surface area contributed by atoms with Gasteiger partial charge in [-0.3, -0.25) is 23.7 Å². The maximum Gasteiger partial charge on any atom is 0.309 e. The average molecular weight is 554 g/mol. The summed E-state index contributed by atoms with van der Waals surface area (Å²) in [5.74, 6) is -8.27. The highest BCUT2D eigenvalue weighted by molar-refractivity contribution is 5.95. The number of amides is 2. The third kappa shape index (κ3) is 7.31. The third-order valence-corrected chi connectivity index (χ3v) is 5.05. The fourth-order valence-electron chi connectivity index (χ4n) is 3.10. The van der Waals surface area contributed by atoms with Gasteiger partial charge in [-0.2, -0.15) is 0 Å². The van der Waals surface area contributed by atoms with Crippen LogP contribution in [0.25, 0.3) is 0 Å². The van der Waals surface area contributed by atoms with E-state index in [0.717, 1.165) is 19.2 Å². The fraction of sp³-hybridized carbons (Fsp3) is 0.400. The van der Waals surface area contributed by atoms with Crippen molar-refractivity contribution in [1.82, 2.24) is 30.4 Å². The van der Waals surface area contributed by atoms with E-state index in [1.165, 1.54) is 19.2 Å². The van der Waals surface area contributed by atoms with Crippen LogP contribution in [0.15, 0.2) is 33.5 Å². The number of aromatic nitrogens is 4. The van der Waals surface area contributed by atoms with Crippen molar-refractivity contribution in [2.24, 2.45) is 7.05 Å². The zero-order valence-corrected chi connectivity index (χ0v) is 20.7. The number of ether oxygens (including phenoxy) is 2. The maximum atomic E-state index is 13.7. The van der Waals surface area contributed by atoms with Crippen LogP contribution in [-0.2, 0) is 28.7 Å². The number of hydrogen-bond acceptors (Lipinski definition) is 10. The summed E-state index contributed by atoms with van der Waals surface area (Å²) in [6, 6.07) is 4.85. The molecule has 14 heteroatoms. The van der Waals surface area contributed by atoms with Crippen molar-refractivity contribution in [3.8, 4) is 5.75 Å². The van der Waals surface area contributed by atoms with Crippen molar-refractivity contribution in [3.05, 3.63) is 69.3 Å². The molecule has 2 heterocycles. The Labute approximate surface area is 235 Å². The van der Waals surface area contributed by atoms with Crippen molar-refractivity contribution in [3.63, 3.8) is 0 Å². The van der Waals surface area contributed by atoms with Crippen molar-refractivity contribution in [1.29, 1.82) is 0 Å². The summed E-state index contributed by atoms with van der Waals surface area (Å²) in [5, 5.41) is 10.6. The van der Waals surface area contributed by atoms with E-state index in [4.69, 9.17) is 26.2 Å². The van der Waals surface area contributed by atoms with Crippen molar-refractivity contribution < 1.29 is 45.0 Å². The van der Waals surface area contributed by atoms with Gasteiger partial charge < -0.3 is 24.5 Å². The van der Waals surface area contributed by atoms with Crippen LogP contribution in [0, 0.1) is 12.7 Å². The summed E-state index contributed by atoms with van der Waals surface area (Å²) >= 11 is 0. The third-order valence-electron chi connectivity index (χ3n) is 5.05. The molecule has 0 saturated carbocycles. The summed E-state index contributed by atoms with van der Waals surface area (Å²) in [6.07, 6.45) is -0.152. The quantitative estimate of drug-likeness (QED) is 0.332. The van der Waals surface area contributed by atoms with Gasteiger partial charge in [-0.1, -0.05) is 12.1 Å². The largest absolute Gasteiger partial charge is 0.478 e. The molecular weight excluding hydrogens is 515 g/mol. The van der Waals surface area contributed by atoms with Gasteiger partial charge in [0.2, 0.25) is 11.6 Å². The number of ketones is 1. The molecule has 0 spiro atoms. The summed E-state index contributed by atoms with van der Waals surface area (Å²) in [7, 11) is 2.21. The molecule has 0 aliphatic rings. The number of rotatable bonds is 12. The van der Waals surface area contributed by atoms with Crippen molar-refractivity contribution >= 4 is 17.6 Å². The Morgan fingerprint density at radius 3 is 2.56 bits per heavy atom. The smallest absolute Gasteiger partial charge is 0.309 e. The molecule has 1 aromatic carbocycles. The second-order valence-electron chi connectivity index (χ2n) is 7.97. The molecule has 0 unspecified atom stereocenters. The van der Waals surface area contributed by atoms with Gasteiger partial charge in [0, 0.05) is 46.3 Å². The van der Waals surface area contributed by atoms with E-state index >= 15 is 0 Å². The molecular formula is C25H29FN6O7. The van der Waals surface area contributed by atoms with E-state index < -0.39 is 90.7 Å². The zero-order valence-electron chi connectivity index (χ0n) is 29.7. The highest BCUT2D eigenvalue weighted by Gasteiger charge is 2.33. The molecule has 208 valence electrons. The Balaban J connectivity index is 2.24. The first-order chi connectivity index (χ1) is 22.1. The highest BCUT2D eigenvalue weighted by atomic mass is 19.1. The lowest BCUT2D eigenvalue weighted by atomic mass is 10.0.